The van der Waals surface area contributed by atoms with Crippen molar-refractivity contribution in [3.8, 4) is 11.8 Å². The van der Waals surface area contributed by atoms with Gasteiger partial charge < -0.3 is 10.3 Å². The number of nitrogens with one attached hydrogen (secondary N) is 2. The Bertz CT molecular complexity index is 1040. The van der Waals surface area contributed by atoms with Crippen molar-refractivity contribution >= 4 is 23.6 Å². The largest absolute Gasteiger partial charge is 0.368 e. The second-order valence-electron chi connectivity index (χ2n) is 6.89. The molecule has 28 heavy (non-hydrogen) atoms. The van der Waals surface area contributed by atoms with Crippen LogP contribution < -0.4 is 16.4 Å². The summed E-state index contributed by atoms with van der Waals surface area (Å²) in [5.74, 6) is 7.28. The predicted molar refractivity (Wildman–Crippen MR) is 105 cm³/mol. The highest BCUT2D eigenvalue weighted by atomic mass is 16.5. The summed E-state index contributed by atoms with van der Waals surface area (Å²) in [6.45, 7) is 5.97. The Kier molecular flexibility index (Phi) is 5.22. The van der Waals surface area contributed by atoms with Crippen LogP contribution in [0.1, 0.15) is 37.8 Å². The molecule has 0 aliphatic carbocycles. The van der Waals surface area contributed by atoms with Gasteiger partial charge in [0, 0.05) is 23.9 Å². The van der Waals surface area contributed by atoms with Crippen LogP contribution >= 0.6 is 0 Å². The van der Waals surface area contributed by atoms with Crippen molar-refractivity contribution in [2.75, 3.05) is 16.4 Å². The highest BCUT2D eigenvalue weighted by Gasteiger charge is 2.20. The van der Waals surface area contributed by atoms with Gasteiger partial charge in [-0.15, -0.1) is 0 Å². The normalized spacial score (nSPS) is 10.7. The number of amides is 2. The first-order valence-corrected chi connectivity index (χ1v) is 8.41. The van der Waals surface area contributed by atoms with Gasteiger partial charge in [0.25, 0.3) is 0 Å². The fourth-order valence-electron chi connectivity index (χ4n) is 2.06. The Morgan fingerprint density at radius 1 is 1.11 bits per heavy atom. The molecule has 0 spiro atoms. The van der Waals surface area contributed by atoms with Crippen LogP contribution in [-0.2, 0) is 5.41 Å². The van der Waals surface area contributed by atoms with E-state index in [1.807, 2.05) is 20.8 Å². The Morgan fingerprint density at radius 3 is 2.50 bits per heavy atom. The summed E-state index contributed by atoms with van der Waals surface area (Å²) in [7, 11) is 0. The molecule has 0 bridgehead atoms. The zero-order valence-electron chi connectivity index (χ0n) is 15.6. The molecule has 4 N–H and O–H groups in total. The highest BCUT2D eigenvalue weighted by Crippen LogP contribution is 2.24. The zero-order chi connectivity index (χ0) is 20.1. The summed E-state index contributed by atoms with van der Waals surface area (Å²) in [4.78, 5) is 24.2. The van der Waals surface area contributed by atoms with E-state index in [0.717, 1.165) is 0 Å². The van der Waals surface area contributed by atoms with Crippen LogP contribution in [-0.4, -0.2) is 26.1 Å². The van der Waals surface area contributed by atoms with E-state index >= 15 is 0 Å². The fraction of sp³-hybridized carbons (Fsp3) is 0.211. The third kappa shape index (κ3) is 5.04. The molecule has 9 nitrogen and oxygen atoms in total. The number of aromatic nitrogens is 4. The summed E-state index contributed by atoms with van der Waals surface area (Å²) in [6.07, 6.45) is 3.04. The van der Waals surface area contributed by atoms with E-state index in [1.54, 1.807) is 24.3 Å². The smallest absolute Gasteiger partial charge is 0.326 e. The highest BCUT2D eigenvalue weighted by molar-refractivity contribution is 5.98. The quantitative estimate of drug-likeness (QED) is 0.585. The molecule has 0 saturated carbocycles. The number of pyridine rings is 1. The number of nitrogens with two attached hydrogens (primary N) is 1. The summed E-state index contributed by atoms with van der Waals surface area (Å²) < 4.78 is 5.24. The zero-order valence-corrected chi connectivity index (χ0v) is 15.6. The summed E-state index contributed by atoms with van der Waals surface area (Å²) in [6, 6.07) is 6.31. The van der Waals surface area contributed by atoms with Crippen LogP contribution in [0.25, 0.3) is 0 Å². The number of hydrogen-bond acceptors (Lipinski definition) is 7. The first kappa shape index (κ1) is 18.8. The Balaban J connectivity index is 1.65. The molecule has 3 aromatic rings. The van der Waals surface area contributed by atoms with Gasteiger partial charge in [-0.3, -0.25) is 10.6 Å². The van der Waals surface area contributed by atoms with Crippen LogP contribution in [0, 0.1) is 11.8 Å². The van der Waals surface area contributed by atoms with Gasteiger partial charge in [0.05, 0.1) is 5.56 Å². The number of rotatable bonds is 2. The predicted octanol–water partition coefficient (Wildman–Crippen LogP) is 2.78. The maximum atomic E-state index is 12.2. The minimum atomic E-state index is -0.488. The van der Waals surface area contributed by atoms with Gasteiger partial charge in [0.15, 0.2) is 5.82 Å². The van der Waals surface area contributed by atoms with E-state index in [-0.39, 0.29) is 11.4 Å². The standard InChI is InChI=1S/C19H19N7O2/c1-19(2,3)14-9-16(26-28-14)25-18(27)24-15-6-4-5-13(23-15)8-7-12-10-21-17(20)22-11-12/h4-6,9-11H,1-3H3,(H2,20,21,22)(H2,23,24,25,26,27). The minimum Gasteiger partial charge on any atom is -0.368 e. The van der Waals surface area contributed by atoms with E-state index in [4.69, 9.17) is 10.3 Å². The SMILES string of the molecule is CC(C)(C)c1cc(NC(=O)Nc2cccc(C#Cc3cnc(N)nc3)n2)no1. The molecular formula is C19H19N7O2. The van der Waals surface area contributed by atoms with Gasteiger partial charge in [-0.1, -0.05) is 37.9 Å². The van der Waals surface area contributed by atoms with Crippen molar-refractivity contribution < 1.29 is 9.32 Å². The summed E-state index contributed by atoms with van der Waals surface area (Å²) >= 11 is 0. The van der Waals surface area contributed by atoms with Crippen LogP contribution in [0.15, 0.2) is 41.2 Å². The Hall–Kier alpha value is -3.93. The molecule has 9 heteroatoms. The minimum absolute atomic E-state index is 0.183. The van der Waals surface area contributed by atoms with Gasteiger partial charge in [-0.25, -0.2) is 19.7 Å². The number of hydrogen-bond donors (Lipinski definition) is 3. The van der Waals surface area contributed by atoms with Crippen LogP contribution in [0.3, 0.4) is 0 Å². The van der Waals surface area contributed by atoms with Crippen LogP contribution in [0.5, 0.6) is 0 Å². The van der Waals surface area contributed by atoms with Crippen LogP contribution in [0.4, 0.5) is 22.4 Å². The maximum absolute atomic E-state index is 12.2. The van der Waals surface area contributed by atoms with E-state index in [9.17, 15) is 4.79 Å². The maximum Gasteiger partial charge on any atom is 0.326 e. The van der Waals surface area contributed by atoms with Crippen LogP contribution in [0.2, 0.25) is 0 Å². The third-order valence-corrected chi connectivity index (χ3v) is 3.49. The monoisotopic (exact) mass is 377 g/mol. The van der Waals surface area contributed by atoms with Crippen molar-refractivity contribution in [1.82, 2.24) is 20.1 Å². The molecule has 3 rings (SSSR count). The van der Waals surface area contributed by atoms with Crippen molar-refractivity contribution in [3.63, 3.8) is 0 Å². The average molecular weight is 377 g/mol. The second kappa shape index (κ2) is 7.75. The lowest BCUT2D eigenvalue weighted by Gasteiger charge is -2.12. The van der Waals surface area contributed by atoms with Gasteiger partial charge in [0.2, 0.25) is 5.95 Å². The second-order valence-corrected chi connectivity index (χ2v) is 6.89. The van der Waals surface area contributed by atoms with Gasteiger partial charge in [-0.05, 0) is 18.1 Å². The van der Waals surface area contributed by atoms with E-state index in [0.29, 0.717) is 28.7 Å². The number of carbonyl (C=O) groups excluding carboxylic acids is 1. The molecule has 0 radical (unpaired) electrons. The summed E-state index contributed by atoms with van der Waals surface area (Å²) in [5, 5.41) is 9.08. The molecular weight excluding hydrogens is 358 g/mol. The Morgan fingerprint density at radius 2 is 1.82 bits per heavy atom. The lowest BCUT2D eigenvalue weighted by Crippen LogP contribution is -2.20. The Labute approximate surface area is 161 Å². The number of urea groups is 1. The average Bonchev–Trinajstić information content (AvgIpc) is 3.10. The fourth-order valence-corrected chi connectivity index (χ4v) is 2.06. The van der Waals surface area contributed by atoms with E-state index < -0.39 is 6.03 Å². The molecule has 142 valence electrons. The first-order valence-electron chi connectivity index (χ1n) is 8.41. The third-order valence-electron chi connectivity index (χ3n) is 3.49. The van der Waals surface area contributed by atoms with Crippen molar-refractivity contribution in [2.24, 2.45) is 0 Å². The topological polar surface area (TPSA) is 132 Å². The van der Waals surface area contributed by atoms with E-state index in [1.165, 1.54) is 12.4 Å². The number of carbonyl (C=O) groups is 1. The molecule has 0 unspecified atom stereocenters. The van der Waals surface area contributed by atoms with Gasteiger partial charge in [-0.2, -0.15) is 0 Å². The lowest BCUT2D eigenvalue weighted by molar-refractivity contribution is 0.261. The number of nitrogen functional groups attached to an aromatic ring is 1. The molecule has 0 atom stereocenters. The summed E-state index contributed by atoms with van der Waals surface area (Å²) in [5.41, 5.74) is 6.32. The lowest BCUT2D eigenvalue weighted by atomic mass is 9.93. The molecule has 0 aliphatic rings. The molecule has 3 heterocycles. The molecule has 0 aliphatic heterocycles. The van der Waals surface area contributed by atoms with Crippen molar-refractivity contribution in [1.29, 1.82) is 0 Å². The number of nitrogens with zero attached hydrogens (tertiary/aromatic N) is 4. The molecule has 0 aromatic carbocycles. The molecule has 0 saturated heterocycles. The molecule has 0 fully saturated rings. The first-order chi connectivity index (χ1) is 13.3. The molecule has 2 amide bonds. The van der Waals surface area contributed by atoms with Gasteiger partial charge >= 0.3 is 6.03 Å². The van der Waals surface area contributed by atoms with Gasteiger partial charge in [0.1, 0.15) is 17.3 Å². The number of anilines is 3. The van der Waals surface area contributed by atoms with Crippen molar-refractivity contribution in [2.45, 2.75) is 26.2 Å². The molecule has 3 aromatic heterocycles. The van der Waals surface area contributed by atoms with Crippen molar-refractivity contribution in [3.05, 3.63) is 53.7 Å². The van der Waals surface area contributed by atoms with E-state index in [2.05, 4.69) is 42.6 Å².